The predicted octanol–water partition coefficient (Wildman–Crippen LogP) is 4.22. The molecule has 0 aliphatic carbocycles. The van der Waals surface area contributed by atoms with E-state index in [1.54, 1.807) is 7.11 Å². The second-order valence-corrected chi connectivity index (χ2v) is 4.48. The third-order valence-corrected chi connectivity index (χ3v) is 3.19. The Morgan fingerprint density at radius 2 is 1.55 bits per heavy atom. The molecule has 0 saturated heterocycles. The van der Waals surface area contributed by atoms with Crippen molar-refractivity contribution in [1.29, 1.82) is 0 Å². The highest BCUT2D eigenvalue weighted by atomic mass is 16.5. The van der Waals surface area contributed by atoms with Crippen LogP contribution in [0.5, 0.6) is 17.2 Å². The zero-order valence-corrected chi connectivity index (χ0v) is 11.2. The Bertz CT molecular complexity index is 753. The van der Waals surface area contributed by atoms with E-state index in [0.717, 1.165) is 11.1 Å². The summed E-state index contributed by atoms with van der Waals surface area (Å²) >= 11 is 0. The van der Waals surface area contributed by atoms with Crippen molar-refractivity contribution < 1.29 is 9.47 Å². The molecule has 0 fully saturated rings. The smallest absolute Gasteiger partial charge is 0.154 e. The Hall–Kier alpha value is -2.68. The summed E-state index contributed by atoms with van der Waals surface area (Å²) in [6.45, 7) is 0. The Morgan fingerprint density at radius 3 is 2.35 bits per heavy atom. The highest BCUT2D eigenvalue weighted by Gasteiger charge is 2.07. The molecule has 3 nitrogen and oxygen atoms in total. The third kappa shape index (κ3) is 2.26. The molecule has 3 aromatic carbocycles. The van der Waals surface area contributed by atoms with E-state index < -0.39 is 0 Å². The van der Waals surface area contributed by atoms with E-state index >= 15 is 0 Å². The van der Waals surface area contributed by atoms with Gasteiger partial charge in [0.1, 0.15) is 17.2 Å². The van der Waals surface area contributed by atoms with Crippen molar-refractivity contribution in [3.63, 3.8) is 0 Å². The normalized spacial score (nSPS) is 10.4. The quantitative estimate of drug-likeness (QED) is 0.721. The number of hydrogen-bond acceptors (Lipinski definition) is 3. The maximum Gasteiger partial charge on any atom is 0.154 e. The van der Waals surface area contributed by atoms with Crippen LogP contribution >= 0.6 is 0 Å². The van der Waals surface area contributed by atoms with Crippen molar-refractivity contribution in [2.45, 2.75) is 0 Å². The first-order valence-corrected chi connectivity index (χ1v) is 6.37. The predicted molar refractivity (Wildman–Crippen MR) is 81.4 cm³/mol. The summed E-state index contributed by atoms with van der Waals surface area (Å²) < 4.78 is 11.0. The molecule has 0 atom stereocenters. The molecule has 2 N–H and O–H groups in total. The van der Waals surface area contributed by atoms with Crippen LogP contribution in [0.25, 0.3) is 10.8 Å². The molecule has 0 unspecified atom stereocenters. The molecular formula is C17H15NO2. The molecule has 0 heterocycles. The first kappa shape index (κ1) is 12.4. The molecule has 0 aromatic heterocycles. The molecule has 0 radical (unpaired) electrons. The number of methoxy groups -OCH3 is 1. The average molecular weight is 265 g/mol. The van der Waals surface area contributed by atoms with Gasteiger partial charge >= 0.3 is 0 Å². The lowest BCUT2D eigenvalue weighted by molar-refractivity contribution is 0.412. The summed E-state index contributed by atoms with van der Waals surface area (Å²) in [4.78, 5) is 0. The zero-order valence-electron chi connectivity index (χ0n) is 11.2. The Labute approximate surface area is 117 Å². The molecular weight excluding hydrogens is 250 g/mol. The van der Waals surface area contributed by atoms with Gasteiger partial charge in [-0.25, -0.2) is 0 Å². The molecule has 3 heteroatoms. The highest BCUT2D eigenvalue weighted by molar-refractivity contribution is 5.83. The van der Waals surface area contributed by atoms with Crippen LogP contribution < -0.4 is 15.2 Å². The van der Waals surface area contributed by atoms with Gasteiger partial charge in [-0.15, -0.1) is 0 Å². The molecule has 0 spiro atoms. The van der Waals surface area contributed by atoms with Crippen LogP contribution in [0.2, 0.25) is 0 Å². The van der Waals surface area contributed by atoms with Crippen LogP contribution in [0.1, 0.15) is 0 Å². The van der Waals surface area contributed by atoms with Crippen LogP contribution in [-0.2, 0) is 0 Å². The largest absolute Gasteiger partial charge is 0.494 e. The van der Waals surface area contributed by atoms with Gasteiger partial charge in [-0.3, -0.25) is 0 Å². The second-order valence-electron chi connectivity index (χ2n) is 4.48. The lowest BCUT2D eigenvalue weighted by Crippen LogP contribution is -1.95. The van der Waals surface area contributed by atoms with Gasteiger partial charge in [0.05, 0.1) is 7.11 Å². The first-order valence-electron chi connectivity index (χ1n) is 6.37. The molecule has 0 aliphatic heterocycles. The van der Waals surface area contributed by atoms with Crippen LogP contribution in [0.15, 0.2) is 60.7 Å². The number of rotatable bonds is 3. The van der Waals surface area contributed by atoms with Crippen molar-refractivity contribution in [1.82, 2.24) is 0 Å². The molecule has 100 valence electrons. The van der Waals surface area contributed by atoms with Gasteiger partial charge in [-0.05, 0) is 35.0 Å². The third-order valence-electron chi connectivity index (χ3n) is 3.19. The van der Waals surface area contributed by atoms with Gasteiger partial charge in [0, 0.05) is 0 Å². The van der Waals surface area contributed by atoms with Crippen molar-refractivity contribution >= 4 is 16.5 Å². The van der Waals surface area contributed by atoms with Crippen molar-refractivity contribution in [3.05, 3.63) is 60.7 Å². The average Bonchev–Trinajstić information content (AvgIpc) is 2.49. The number of hydrogen-bond donors (Lipinski definition) is 1. The maximum absolute atomic E-state index is 6.00. The maximum atomic E-state index is 6.00. The van der Waals surface area contributed by atoms with E-state index in [9.17, 15) is 0 Å². The van der Waals surface area contributed by atoms with Gasteiger partial charge in [-0.1, -0.05) is 36.4 Å². The van der Waals surface area contributed by atoms with Crippen molar-refractivity contribution in [2.75, 3.05) is 12.8 Å². The van der Waals surface area contributed by atoms with E-state index in [1.165, 1.54) is 5.39 Å². The molecule has 0 bridgehead atoms. The molecule has 20 heavy (non-hydrogen) atoms. The number of nitrogen functional groups attached to an aromatic ring is 1. The van der Waals surface area contributed by atoms with Crippen molar-refractivity contribution in [3.8, 4) is 17.2 Å². The van der Waals surface area contributed by atoms with Crippen LogP contribution in [-0.4, -0.2) is 7.11 Å². The van der Waals surface area contributed by atoms with Gasteiger partial charge in [0.15, 0.2) is 5.75 Å². The Balaban J connectivity index is 1.97. The van der Waals surface area contributed by atoms with Gasteiger partial charge in [0.25, 0.3) is 0 Å². The van der Waals surface area contributed by atoms with Crippen LogP contribution in [0.4, 0.5) is 5.69 Å². The standard InChI is InChI=1S/C17H15NO2/c1-19-15-7-4-8-16(17(15)18)20-14-10-9-12-5-2-3-6-13(12)11-14/h2-11H,18H2,1H3. The fourth-order valence-electron chi connectivity index (χ4n) is 2.15. The van der Waals surface area contributed by atoms with Gasteiger partial charge < -0.3 is 15.2 Å². The Morgan fingerprint density at radius 1 is 0.800 bits per heavy atom. The molecule has 0 saturated carbocycles. The summed E-state index contributed by atoms with van der Waals surface area (Å²) in [5, 5.41) is 2.31. The summed E-state index contributed by atoms with van der Waals surface area (Å²) in [5.41, 5.74) is 6.51. The van der Waals surface area contributed by atoms with Gasteiger partial charge in [0.2, 0.25) is 0 Å². The molecule has 3 aromatic rings. The minimum atomic E-state index is 0.503. The highest BCUT2D eigenvalue weighted by Crippen LogP contribution is 2.35. The lowest BCUT2D eigenvalue weighted by Gasteiger charge is -2.11. The number of fused-ring (bicyclic) bond motifs is 1. The summed E-state index contributed by atoms with van der Waals surface area (Å²) in [6.07, 6.45) is 0. The monoisotopic (exact) mass is 265 g/mol. The van der Waals surface area contributed by atoms with Gasteiger partial charge in [-0.2, -0.15) is 0 Å². The summed E-state index contributed by atoms with van der Waals surface area (Å²) in [7, 11) is 1.59. The van der Waals surface area contributed by atoms with Crippen LogP contribution in [0.3, 0.4) is 0 Å². The minimum Gasteiger partial charge on any atom is -0.494 e. The summed E-state index contributed by atoms with van der Waals surface area (Å²) in [6, 6.07) is 19.6. The van der Waals surface area contributed by atoms with E-state index in [0.29, 0.717) is 17.2 Å². The second kappa shape index (κ2) is 5.13. The van der Waals surface area contributed by atoms with E-state index in [-0.39, 0.29) is 0 Å². The van der Waals surface area contributed by atoms with Crippen LogP contribution in [0, 0.1) is 0 Å². The summed E-state index contributed by atoms with van der Waals surface area (Å²) in [5.74, 6) is 1.96. The Kier molecular flexibility index (Phi) is 3.17. The van der Waals surface area contributed by atoms with E-state index in [2.05, 4.69) is 12.1 Å². The molecule has 3 rings (SSSR count). The minimum absolute atomic E-state index is 0.503. The molecule has 0 aliphatic rings. The SMILES string of the molecule is COc1cccc(Oc2ccc3ccccc3c2)c1N. The lowest BCUT2D eigenvalue weighted by atomic mass is 10.1. The zero-order chi connectivity index (χ0) is 13.9. The number of para-hydroxylation sites is 1. The number of benzene rings is 3. The fraction of sp³-hybridized carbons (Fsp3) is 0.0588. The number of anilines is 1. The van der Waals surface area contributed by atoms with E-state index in [4.69, 9.17) is 15.2 Å². The van der Waals surface area contributed by atoms with Crippen molar-refractivity contribution in [2.24, 2.45) is 0 Å². The number of nitrogens with two attached hydrogens (primary N) is 1. The van der Waals surface area contributed by atoms with E-state index in [1.807, 2.05) is 48.5 Å². The first-order chi connectivity index (χ1) is 9.78. The fourth-order valence-corrected chi connectivity index (χ4v) is 2.15. The topological polar surface area (TPSA) is 44.5 Å². The number of ether oxygens (including phenoxy) is 2. The molecule has 0 amide bonds.